The maximum absolute atomic E-state index is 13.5. The highest BCUT2D eigenvalue weighted by atomic mass is 16.5. The van der Waals surface area contributed by atoms with E-state index >= 15 is 0 Å². The molecule has 3 aromatic rings. The predicted octanol–water partition coefficient (Wildman–Crippen LogP) is 2.91. The van der Waals surface area contributed by atoms with Gasteiger partial charge in [0.25, 0.3) is 5.91 Å². The van der Waals surface area contributed by atoms with E-state index in [9.17, 15) is 9.59 Å². The van der Waals surface area contributed by atoms with Crippen LogP contribution in [0.15, 0.2) is 79.3 Å². The van der Waals surface area contributed by atoms with Crippen LogP contribution in [-0.2, 0) is 22.5 Å². The van der Waals surface area contributed by atoms with Crippen LogP contribution in [0.2, 0.25) is 0 Å². The number of amides is 2. The van der Waals surface area contributed by atoms with Gasteiger partial charge in [0.2, 0.25) is 5.91 Å². The maximum atomic E-state index is 13.5. The molecule has 1 aliphatic rings. The van der Waals surface area contributed by atoms with Crippen molar-refractivity contribution in [1.82, 2.24) is 24.7 Å². The van der Waals surface area contributed by atoms with Gasteiger partial charge in [0.15, 0.2) is 0 Å². The number of hydrogen-bond donors (Lipinski definition) is 0. The quantitative estimate of drug-likeness (QED) is 0.380. The Morgan fingerprint density at radius 2 is 1.54 bits per heavy atom. The fraction of sp³-hybridized carbons (Fsp3) is 0.379. The first-order valence-electron chi connectivity index (χ1n) is 12.9. The third-order valence-corrected chi connectivity index (χ3v) is 6.54. The number of carbonyl (C=O) groups excluding carboxylic acids is 2. The fourth-order valence-corrected chi connectivity index (χ4v) is 4.37. The maximum Gasteiger partial charge on any atom is 0.274 e. The molecule has 8 heteroatoms. The number of morpholine rings is 1. The monoisotopic (exact) mass is 501 g/mol. The molecule has 37 heavy (non-hydrogen) atoms. The SMILES string of the molecule is O=C(CCN(CCN1CCOCC1)C(=O)c1cnccn1)N(CCc1ccccc1)Cc1ccccc1. The Labute approximate surface area is 218 Å². The summed E-state index contributed by atoms with van der Waals surface area (Å²) in [5.74, 6) is -0.170. The molecule has 4 rings (SSSR count). The molecule has 194 valence electrons. The summed E-state index contributed by atoms with van der Waals surface area (Å²) < 4.78 is 5.44. The van der Waals surface area contributed by atoms with Crippen molar-refractivity contribution in [2.24, 2.45) is 0 Å². The third-order valence-electron chi connectivity index (χ3n) is 6.54. The predicted molar refractivity (Wildman–Crippen MR) is 142 cm³/mol. The fourth-order valence-electron chi connectivity index (χ4n) is 4.37. The van der Waals surface area contributed by atoms with Gasteiger partial charge in [-0.25, -0.2) is 4.98 Å². The number of ether oxygens (including phenoxy) is 1. The molecular formula is C29H35N5O3. The van der Waals surface area contributed by atoms with Crippen molar-refractivity contribution < 1.29 is 14.3 Å². The van der Waals surface area contributed by atoms with E-state index in [1.54, 1.807) is 11.1 Å². The number of benzene rings is 2. The lowest BCUT2D eigenvalue weighted by atomic mass is 10.1. The average Bonchev–Trinajstić information content (AvgIpc) is 2.97. The van der Waals surface area contributed by atoms with Gasteiger partial charge < -0.3 is 14.5 Å². The van der Waals surface area contributed by atoms with Gasteiger partial charge in [-0.15, -0.1) is 0 Å². The smallest absolute Gasteiger partial charge is 0.274 e. The molecule has 8 nitrogen and oxygen atoms in total. The Morgan fingerprint density at radius 1 is 0.838 bits per heavy atom. The van der Waals surface area contributed by atoms with Crippen LogP contribution in [0.5, 0.6) is 0 Å². The molecular weight excluding hydrogens is 466 g/mol. The molecule has 0 bridgehead atoms. The normalized spacial score (nSPS) is 13.7. The molecule has 1 fully saturated rings. The molecule has 0 spiro atoms. The van der Waals surface area contributed by atoms with Crippen LogP contribution in [-0.4, -0.2) is 89.0 Å². The number of hydrogen-bond acceptors (Lipinski definition) is 6. The van der Waals surface area contributed by atoms with Crippen LogP contribution in [0.25, 0.3) is 0 Å². The van der Waals surface area contributed by atoms with Gasteiger partial charge >= 0.3 is 0 Å². The second-order valence-corrected chi connectivity index (χ2v) is 9.12. The second kappa shape index (κ2) is 14.2. The molecule has 1 aliphatic heterocycles. The van der Waals surface area contributed by atoms with Crippen LogP contribution < -0.4 is 0 Å². The van der Waals surface area contributed by atoms with Crippen molar-refractivity contribution in [2.75, 3.05) is 52.5 Å². The standard InChI is InChI=1S/C29H35N5O3/c35-28(34(24-26-9-5-2-6-10-26)15-11-25-7-3-1-4-8-25)12-16-33(18-17-32-19-21-37-22-20-32)29(36)27-23-30-13-14-31-27/h1-10,13-14,23H,11-12,15-22,24H2. The second-order valence-electron chi connectivity index (χ2n) is 9.12. The van der Waals surface area contributed by atoms with Crippen molar-refractivity contribution in [3.05, 3.63) is 96.1 Å². The van der Waals surface area contributed by atoms with Crippen LogP contribution in [0.1, 0.15) is 28.0 Å². The lowest BCUT2D eigenvalue weighted by Gasteiger charge is -2.30. The van der Waals surface area contributed by atoms with E-state index in [-0.39, 0.29) is 18.2 Å². The topological polar surface area (TPSA) is 78.9 Å². The summed E-state index contributed by atoms with van der Waals surface area (Å²) in [5.41, 5.74) is 2.57. The van der Waals surface area contributed by atoms with Gasteiger partial charge in [0.05, 0.1) is 19.4 Å². The molecule has 1 saturated heterocycles. The minimum absolute atomic E-state index is 0.0307. The Balaban J connectivity index is 1.41. The van der Waals surface area contributed by atoms with E-state index in [0.717, 1.165) is 31.6 Å². The van der Waals surface area contributed by atoms with Gasteiger partial charge in [-0.2, -0.15) is 0 Å². The van der Waals surface area contributed by atoms with E-state index in [4.69, 9.17) is 4.74 Å². The van der Waals surface area contributed by atoms with Crippen molar-refractivity contribution >= 4 is 11.8 Å². The molecule has 2 amide bonds. The summed E-state index contributed by atoms with van der Waals surface area (Å²) in [6.07, 6.45) is 5.57. The summed E-state index contributed by atoms with van der Waals surface area (Å²) in [7, 11) is 0. The number of nitrogens with zero attached hydrogens (tertiary/aromatic N) is 5. The van der Waals surface area contributed by atoms with Crippen LogP contribution in [0.3, 0.4) is 0 Å². The summed E-state index contributed by atoms with van der Waals surface area (Å²) in [6, 6.07) is 20.2. The molecule has 2 aromatic carbocycles. The summed E-state index contributed by atoms with van der Waals surface area (Å²) in [6.45, 7) is 5.82. The highest BCUT2D eigenvalue weighted by Crippen LogP contribution is 2.11. The molecule has 0 radical (unpaired) electrons. The van der Waals surface area contributed by atoms with Crippen LogP contribution in [0, 0.1) is 0 Å². The zero-order valence-electron chi connectivity index (χ0n) is 21.2. The highest BCUT2D eigenvalue weighted by Gasteiger charge is 2.22. The molecule has 0 aliphatic carbocycles. The van der Waals surface area contributed by atoms with E-state index < -0.39 is 0 Å². The number of rotatable bonds is 12. The van der Waals surface area contributed by atoms with Crippen molar-refractivity contribution in [1.29, 1.82) is 0 Å². The highest BCUT2D eigenvalue weighted by molar-refractivity contribution is 5.92. The largest absolute Gasteiger partial charge is 0.379 e. The summed E-state index contributed by atoms with van der Waals surface area (Å²) >= 11 is 0. The van der Waals surface area contributed by atoms with E-state index in [1.165, 1.54) is 18.0 Å². The first-order chi connectivity index (χ1) is 18.2. The van der Waals surface area contributed by atoms with Gasteiger partial charge in [-0.05, 0) is 17.5 Å². The van der Waals surface area contributed by atoms with Crippen molar-refractivity contribution in [3.63, 3.8) is 0 Å². The first-order valence-corrected chi connectivity index (χ1v) is 12.9. The van der Waals surface area contributed by atoms with Crippen molar-refractivity contribution in [2.45, 2.75) is 19.4 Å². The Morgan fingerprint density at radius 3 is 2.22 bits per heavy atom. The Hall–Kier alpha value is -3.62. The zero-order chi connectivity index (χ0) is 25.7. The minimum Gasteiger partial charge on any atom is -0.379 e. The van der Waals surface area contributed by atoms with Crippen LogP contribution in [0.4, 0.5) is 0 Å². The third kappa shape index (κ3) is 8.48. The minimum atomic E-state index is -0.201. The van der Waals surface area contributed by atoms with E-state index in [1.807, 2.05) is 53.4 Å². The lowest BCUT2D eigenvalue weighted by Crippen LogP contribution is -2.44. The van der Waals surface area contributed by atoms with Gasteiger partial charge in [-0.3, -0.25) is 19.5 Å². The van der Waals surface area contributed by atoms with Crippen molar-refractivity contribution in [3.8, 4) is 0 Å². The summed E-state index contributed by atoms with van der Waals surface area (Å²) in [4.78, 5) is 40.9. The zero-order valence-corrected chi connectivity index (χ0v) is 21.2. The average molecular weight is 502 g/mol. The number of aromatic nitrogens is 2. The Kier molecular flexibility index (Phi) is 10.2. The lowest BCUT2D eigenvalue weighted by molar-refractivity contribution is -0.132. The molecule has 0 atom stereocenters. The molecule has 0 unspecified atom stereocenters. The molecule has 1 aromatic heterocycles. The van der Waals surface area contributed by atoms with Gasteiger partial charge in [0.1, 0.15) is 5.69 Å². The Bertz CT molecular complexity index is 1090. The van der Waals surface area contributed by atoms with Crippen LogP contribution >= 0.6 is 0 Å². The summed E-state index contributed by atoms with van der Waals surface area (Å²) in [5, 5.41) is 0. The van der Waals surface area contributed by atoms with E-state index in [0.29, 0.717) is 45.1 Å². The van der Waals surface area contributed by atoms with Gasteiger partial charge in [-0.1, -0.05) is 60.7 Å². The first kappa shape index (κ1) is 26.4. The molecule has 2 heterocycles. The molecule has 0 N–H and O–H groups in total. The number of carbonyl (C=O) groups is 2. The van der Waals surface area contributed by atoms with E-state index in [2.05, 4.69) is 27.0 Å². The molecule has 0 saturated carbocycles. The van der Waals surface area contributed by atoms with Gasteiger partial charge in [0, 0.05) is 64.6 Å².